The first-order valence-electron chi connectivity index (χ1n) is 7.30. The molecule has 0 spiro atoms. The second-order valence-electron chi connectivity index (χ2n) is 6.27. The third kappa shape index (κ3) is 3.94. The lowest BCUT2D eigenvalue weighted by Crippen LogP contribution is -2.11. The lowest BCUT2D eigenvalue weighted by molar-refractivity contribution is 0.589. The lowest BCUT2D eigenvalue weighted by Gasteiger charge is -2.19. The number of aromatic nitrogens is 2. The molecule has 0 saturated carbocycles. The molecule has 1 N–H and O–H groups in total. The fourth-order valence-electron chi connectivity index (χ4n) is 2.15. The van der Waals surface area contributed by atoms with E-state index in [0.29, 0.717) is 0 Å². The summed E-state index contributed by atoms with van der Waals surface area (Å²) in [6.45, 7) is 11.5. The molecule has 20 heavy (non-hydrogen) atoms. The molecular weight excluding hydrogens is 246 g/mol. The van der Waals surface area contributed by atoms with Gasteiger partial charge in [0.1, 0.15) is 0 Å². The standard InChI is InChI=1S/C17H25N3/c1-5-18-10-15-11-19-20(13-15)12-14-6-8-16(9-7-14)17(2,3)4/h6-9,11,13,18H,5,10,12H2,1-4H3. The quantitative estimate of drug-likeness (QED) is 0.904. The Morgan fingerprint density at radius 1 is 1.10 bits per heavy atom. The zero-order valence-electron chi connectivity index (χ0n) is 13.0. The Morgan fingerprint density at radius 2 is 1.80 bits per heavy atom. The zero-order valence-corrected chi connectivity index (χ0v) is 13.0. The van der Waals surface area contributed by atoms with Crippen LogP contribution in [0.5, 0.6) is 0 Å². The number of hydrogen-bond acceptors (Lipinski definition) is 2. The Labute approximate surface area is 122 Å². The summed E-state index contributed by atoms with van der Waals surface area (Å²) in [5.41, 5.74) is 4.10. The van der Waals surface area contributed by atoms with E-state index in [-0.39, 0.29) is 5.41 Å². The van der Waals surface area contributed by atoms with Crippen LogP contribution in [0.15, 0.2) is 36.7 Å². The van der Waals surface area contributed by atoms with Gasteiger partial charge in [-0.2, -0.15) is 5.10 Å². The predicted molar refractivity (Wildman–Crippen MR) is 83.9 cm³/mol. The molecule has 0 aliphatic carbocycles. The predicted octanol–water partition coefficient (Wildman–Crippen LogP) is 3.34. The third-order valence-electron chi connectivity index (χ3n) is 3.43. The van der Waals surface area contributed by atoms with E-state index in [1.54, 1.807) is 0 Å². The van der Waals surface area contributed by atoms with Crippen molar-refractivity contribution in [2.24, 2.45) is 0 Å². The summed E-state index contributed by atoms with van der Waals surface area (Å²) in [6, 6.07) is 8.84. The summed E-state index contributed by atoms with van der Waals surface area (Å²) in [5.74, 6) is 0. The van der Waals surface area contributed by atoms with Gasteiger partial charge in [-0.15, -0.1) is 0 Å². The molecule has 0 aliphatic rings. The second-order valence-corrected chi connectivity index (χ2v) is 6.27. The summed E-state index contributed by atoms with van der Waals surface area (Å²) in [7, 11) is 0. The molecule has 0 bridgehead atoms. The van der Waals surface area contributed by atoms with Gasteiger partial charge in [-0.1, -0.05) is 52.0 Å². The van der Waals surface area contributed by atoms with Gasteiger partial charge in [0.25, 0.3) is 0 Å². The Morgan fingerprint density at radius 3 is 2.40 bits per heavy atom. The van der Waals surface area contributed by atoms with Crippen LogP contribution in [-0.4, -0.2) is 16.3 Å². The van der Waals surface area contributed by atoms with Crippen molar-refractivity contribution >= 4 is 0 Å². The van der Waals surface area contributed by atoms with Gasteiger partial charge >= 0.3 is 0 Å². The van der Waals surface area contributed by atoms with Crippen molar-refractivity contribution in [1.82, 2.24) is 15.1 Å². The van der Waals surface area contributed by atoms with Crippen LogP contribution < -0.4 is 5.32 Å². The van der Waals surface area contributed by atoms with E-state index in [0.717, 1.165) is 19.6 Å². The van der Waals surface area contributed by atoms with Gasteiger partial charge in [-0.05, 0) is 23.1 Å². The maximum Gasteiger partial charge on any atom is 0.0659 e. The summed E-state index contributed by atoms with van der Waals surface area (Å²) < 4.78 is 2.00. The minimum atomic E-state index is 0.212. The van der Waals surface area contributed by atoms with Crippen molar-refractivity contribution in [1.29, 1.82) is 0 Å². The monoisotopic (exact) mass is 271 g/mol. The number of hydrogen-bond donors (Lipinski definition) is 1. The Bertz CT molecular complexity index is 532. The molecule has 2 rings (SSSR count). The maximum absolute atomic E-state index is 4.41. The first-order valence-corrected chi connectivity index (χ1v) is 7.30. The van der Waals surface area contributed by atoms with Crippen molar-refractivity contribution in [3.8, 4) is 0 Å². The molecular formula is C17H25N3. The first kappa shape index (κ1) is 14.8. The minimum absolute atomic E-state index is 0.212. The minimum Gasteiger partial charge on any atom is -0.313 e. The number of nitrogens with zero attached hydrogens (tertiary/aromatic N) is 2. The molecule has 3 nitrogen and oxygen atoms in total. The fourth-order valence-corrected chi connectivity index (χ4v) is 2.15. The van der Waals surface area contributed by atoms with E-state index in [1.165, 1.54) is 16.7 Å². The average molecular weight is 271 g/mol. The van der Waals surface area contributed by atoms with Crippen molar-refractivity contribution < 1.29 is 0 Å². The van der Waals surface area contributed by atoms with Gasteiger partial charge in [-0.25, -0.2) is 0 Å². The van der Waals surface area contributed by atoms with Crippen molar-refractivity contribution in [3.63, 3.8) is 0 Å². The van der Waals surface area contributed by atoms with Gasteiger partial charge in [0.2, 0.25) is 0 Å². The topological polar surface area (TPSA) is 29.9 Å². The number of benzene rings is 1. The highest BCUT2D eigenvalue weighted by atomic mass is 15.3. The number of nitrogens with one attached hydrogen (secondary N) is 1. The summed E-state index contributed by atoms with van der Waals surface area (Å²) in [6.07, 6.45) is 4.05. The molecule has 1 aromatic heterocycles. The van der Waals surface area contributed by atoms with Gasteiger partial charge in [0.05, 0.1) is 12.7 Å². The molecule has 0 fully saturated rings. The van der Waals surface area contributed by atoms with Crippen molar-refractivity contribution in [3.05, 3.63) is 53.3 Å². The average Bonchev–Trinajstić information content (AvgIpc) is 2.83. The van der Waals surface area contributed by atoms with E-state index in [2.05, 4.69) is 68.6 Å². The molecule has 0 aliphatic heterocycles. The van der Waals surface area contributed by atoms with E-state index in [1.807, 2.05) is 10.9 Å². The molecule has 1 aromatic carbocycles. The van der Waals surface area contributed by atoms with Gasteiger partial charge in [-0.3, -0.25) is 4.68 Å². The molecule has 0 saturated heterocycles. The zero-order chi connectivity index (χ0) is 14.6. The van der Waals surface area contributed by atoms with Crippen LogP contribution in [0, 0.1) is 0 Å². The Balaban J connectivity index is 2.01. The van der Waals surface area contributed by atoms with Crippen LogP contribution in [-0.2, 0) is 18.5 Å². The van der Waals surface area contributed by atoms with Crippen molar-refractivity contribution in [2.75, 3.05) is 6.54 Å². The summed E-state index contributed by atoms with van der Waals surface area (Å²) in [4.78, 5) is 0. The van der Waals surface area contributed by atoms with Crippen LogP contribution in [0.4, 0.5) is 0 Å². The highest BCUT2D eigenvalue weighted by Crippen LogP contribution is 2.22. The largest absolute Gasteiger partial charge is 0.313 e. The lowest BCUT2D eigenvalue weighted by atomic mass is 9.87. The molecule has 0 radical (unpaired) electrons. The van der Waals surface area contributed by atoms with Crippen LogP contribution in [0.2, 0.25) is 0 Å². The van der Waals surface area contributed by atoms with Crippen molar-refractivity contribution in [2.45, 2.75) is 46.2 Å². The van der Waals surface area contributed by atoms with Gasteiger partial charge in [0, 0.05) is 18.3 Å². The maximum atomic E-state index is 4.41. The van der Waals surface area contributed by atoms with E-state index in [4.69, 9.17) is 0 Å². The summed E-state index contributed by atoms with van der Waals surface area (Å²) >= 11 is 0. The summed E-state index contributed by atoms with van der Waals surface area (Å²) in [5, 5.41) is 7.72. The third-order valence-corrected chi connectivity index (χ3v) is 3.43. The molecule has 0 unspecified atom stereocenters. The van der Waals surface area contributed by atoms with Gasteiger partial charge < -0.3 is 5.32 Å². The molecule has 2 aromatic rings. The molecule has 0 amide bonds. The second kappa shape index (κ2) is 6.23. The first-order chi connectivity index (χ1) is 9.49. The van der Waals surface area contributed by atoms with Crippen LogP contribution in [0.1, 0.15) is 44.4 Å². The smallest absolute Gasteiger partial charge is 0.0659 e. The number of rotatable bonds is 5. The highest BCUT2D eigenvalue weighted by molar-refractivity contribution is 5.27. The Kier molecular flexibility index (Phi) is 4.61. The van der Waals surface area contributed by atoms with E-state index >= 15 is 0 Å². The van der Waals surface area contributed by atoms with Crippen LogP contribution in [0.25, 0.3) is 0 Å². The van der Waals surface area contributed by atoms with Crippen LogP contribution >= 0.6 is 0 Å². The van der Waals surface area contributed by atoms with Crippen LogP contribution in [0.3, 0.4) is 0 Å². The van der Waals surface area contributed by atoms with Gasteiger partial charge in [0.15, 0.2) is 0 Å². The fraction of sp³-hybridized carbons (Fsp3) is 0.471. The SMILES string of the molecule is CCNCc1cnn(Cc2ccc(C(C)(C)C)cc2)c1. The van der Waals surface area contributed by atoms with E-state index < -0.39 is 0 Å². The van der Waals surface area contributed by atoms with E-state index in [9.17, 15) is 0 Å². The molecule has 108 valence electrons. The molecule has 0 atom stereocenters. The highest BCUT2D eigenvalue weighted by Gasteiger charge is 2.12. The molecule has 1 heterocycles. The molecule has 3 heteroatoms. The Hall–Kier alpha value is -1.61. The normalized spacial score (nSPS) is 11.8.